The summed E-state index contributed by atoms with van der Waals surface area (Å²) >= 11 is 0. The van der Waals surface area contributed by atoms with E-state index in [1.54, 1.807) is 16.7 Å². The van der Waals surface area contributed by atoms with Gasteiger partial charge in [0.2, 0.25) is 0 Å². The summed E-state index contributed by atoms with van der Waals surface area (Å²) in [6.45, 7) is 9.18. The van der Waals surface area contributed by atoms with E-state index in [1.165, 1.54) is 44.9 Å². The van der Waals surface area contributed by atoms with E-state index in [9.17, 15) is 0 Å². The monoisotopic (exact) mass is 220 g/mol. The van der Waals surface area contributed by atoms with Gasteiger partial charge in [0.05, 0.1) is 0 Å². The number of rotatable bonds is 8. The van der Waals surface area contributed by atoms with E-state index in [2.05, 4.69) is 33.8 Å². The molecule has 0 N–H and O–H groups in total. The third-order valence-corrected chi connectivity index (χ3v) is 3.56. The van der Waals surface area contributed by atoms with Crippen LogP contribution >= 0.6 is 0 Å². The smallest absolute Gasteiger partial charge is 0.00562 e. The van der Waals surface area contributed by atoms with Gasteiger partial charge >= 0.3 is 0 Å². The molecule has 1 aliphatic rings. The van der Waals surface area contributed by atoms with Crippen LogP contribution in [-0.4, -0.2) is 0 Å². The zero-order valence-corrected chi connectivity index (χ0v) is 11.6. The molecule has 0 fully saturated rings. The van der Waals surface area contributed by atoms with Crippen molar-refractivity contribution in [3.05, 3.63) is 22.8 Å². The molecule has 0 heteroatoms. The Labute approximate surface area is 102 Å². The summed E-state index contributed by atoms with van der Waals surface area (Å²) < 4.78 is 0. The maximum Gasteiger partial charge on any atom is -0.00562 e. The molecule has 1 aliphatic carbocycles. The molecule has 0 saturated heterocycles. The zero-order valence-electron chi connectivity index (χ0n) is 11.6. The molecule has 0 spiro atoms. The lowest BCUT2D eigenvalue weighted by Gasteiger charge is -1.98. The van der Waals surface area contributed by atoms with Crippen LogP contribution < -0.4 is 0 Å². The van der Waals surface area contributed by atoms with Crippen LogP contribution in [0.15, 0.2) is 22.8 Å². The summed E-state index contributed by atoms with van der Waals surface area (Å²) in [7, 11) is 0. The van der Waals surface area contributed by atoms with E-state index in [1.807, 2.05) is 0 Å². The van der Waals surface area contributed by atoms with Crippen LogP contribution in [0.4, 0.5) is 0 Å². The van der Waals surface area contributed by atoms with Crippen molar-refractivity contribution in [1.82, 2.24) is 0 Å². The Balaban J connectivity index is 2.16. The predicted molar refractivity (Wildman–Crippen MR) is 73.6 cm³/mol. The standard InChI is InChI=1S/C16H28/c1-5-6-7-8-9-10-11-14(4)16-12-15(16)13(2)3/h11,13H,5-10,12H2,1-4H3. The van der Waals surface area contributed by atoms with E-state index in [0.717, 1.165) is 5.92 Å². The average molecular weight is 220 g/mol. The highest BCUT2D eigenvalue weighted by molar-refractivity contribution is 5.49. The maximum absolute atomic E-state index is 2.46. The molecule has 0 bridgehead atoms. The van der Waals surface area contributed by atoms with Crippen LogP contribution in [0.5, 0.6) is 0 Å². The SMILES string of the molecule is CCCCCCCC=C(C)C1=C(C(C)C)C1. The summed E-state index contributed by atoms with van der Waals surface area (Å²) in [4.78, 5) is 0. The van der Waals surface area contributed by atoms with Gasteiger partial charge in [0.1, 0.15) is 0 Å². The van der Waals surface area contributed by atoms with Gasteiger partial charge in [-0.15, -0.1) is 0 Å². The van der Waals surface area contributed by atoms with Crippen LogP contribution in [0.1, 0.15) is 72.6 Å². The zero-order chi connectivity index (χ0) is 12.0. The van der Waals surface area contributed by atoms with Gasteiger partial charge < -0.3 is 0 Å². The van der Waals surface area contributed by atoms with Crippen molar-refractivity contribution in [2.45, 2.75) is 72.6 Å². The van der Waals surface area contributed by atoms with Crippen molar-refractivity contribution in [3.8, 4) is 0 Å². The normalized spacial score (nSPS) is 16.2. The number of hydrogen-bond acceptors (Lipinski definition) is 0. The van der Waals surface area contributed by atoms with Crippen molar-refractivity contribution >= 4 is 0 Å². The molecule has 0 nitrogen and oxygen atoms in total. The van der Waals surface area contributed by atoms with Gasteiger partial charge in [-0.3, -0.25) is 0 Å². The maximum atomic E-state index is 2.46. The van der Waals surface area contributed by atoms with E-state index in [0.29, 0.717) is 0 Å². The molecule has 1 rings (SSSR count). The van der Waals surface area contributed by atoms with E-state index >= 15 is 0 Å². The van der Waals surface area contributed by atoms with Crippen LogP contribution in [0.25, 0.3) is 0 Å². The fourth-order valence-corrected chi connectivity index (χ4v) is 2.28. The molecule has 0 atom stereocenters. The molecule has 0 unspecified atom stereocenters. The first kappa shape index (κ1) is 13.5. The average Bonchev–Trinajstić information content (AvgIpc) is 3.02. The Morgan fingerprint density at radius 2 is 1.88 bits per heavy atom. The predicted octanol–water partition coefficient (Wildman–Crippen LogP) is 5.65. The largest absolute Gasteiger partial charge is 0.0813 e. The van der Waals surface area contributed by atoms with Gasteiger partial charge in [0.15, 0.2) is 0 Å². The number of allylic oxidation sites excluding steroid dienone is 4. The molecule has 0 heterocycles. The minimum absolute atomic E-state index is 0.767. The third-order valence-electron chi connectivity index (χ3n) is 3.56. The van der Waals surface area contributed by atoms with Gasteiger partial charge in [0.25, 0.3) is 0 Å². The van der Waals surface area contributed by atoms with Crippen molar-refractivity contribution < 1.29 is 0 Å². The highest BCUT2D eigenvalue weighted by Crippen LogP contribution is 2.41. The lowest BCUT2D eigenvalue weighted by molar-refractivity contribution is 0.637. The molecule has 0 aromatic rings. The summed E-state index contributed by atoms with van der Waals surface area (Å²) in [6.07, 6.45) is 12.0. The summed E-state index contributed by atoms with van der Waals surface area (Å²) in [5.41, 5.74) is 4.91. The van der Waals surface area contributed by atoms with Crippen molar-refractivity contribution in [1.29, 1.82) is 0 Å². The van der Waals surface area contributed by atoms with Gasteiger partial charge in [-0.25, -0.2) is 0 Å². The number of unbranched alkanes of at least 4 members (excludes halogenated alkanes) is 5. The highest BCUT2D eigenvalue weighted by atomic mass is 14.3. The fraction of sp³-hybridized carbons (Fsp3) is 0.750. The van der Waals surface area contributed by atoms with E-state index < -0.39 is 0 Å². The third kappa shape index (κ3) is 4.55. The Kier molecular flexibility index (Phi) is 5.87. The Hall–Kier alpha value is -0.520. The van der Waals surface area contributed by atoms with Crippen molar-refractivity contribution in [2.24, 2.45) is 5.92 Å². The summed E-state index contributed by atoms with van der Waals surface area (Å²) in [6, 6.07) is 0. The first-order valence-corrected chi connectivity index (χ1v) is 7.05. The second-order valence-corrected chi connectivity index (χ2v) is 5.43. The molecule has 16 heavy (non-hydrogen) atoms. The molecule has 0 amide bonds. The van der Waals surface area contributed by atoms with Crippen molar-refractivity contribution in [3.63, 3.8) is 0 Å². The van der Waals surface area contributed by atoms with Gasteiger partial charge in [-0.2, -0.15) is 0 Å². The van der Waals surface area contributed by atoms with Gasteiger partial charge in [0, 0.05) is 0 Å². The molecule has 0 radical (unpaired) electrons. The molecule has 92 valence electrons. The highest BCUT2D eigenvalue weighted by Gasteiger charge is 2.24. The number of hydrogen-bond donors (Lipinski definition) is 0. The fourth-order valence-electron chi connectivity index (χ4n) is 2.28. The van der Waals surface area contributed by atoms with E-state index in [-0.39, 0.29) is 0 Å². The summed E-state index contributed by atoms with van der Waals surface area (Å²) in [5.74, 6) is 0.767. The molecule has 0 aromatic heterocycles. The summed E-state index contributed by atoms with van der Waals surface area (Å²) in [5, 5.41) is 0. The topological polar surface area (TPSA) is 0 Å². The van der Waals surface area contributed by atoms with Crippen LogP contribution in [-0.2, 0) is 0 Å². The van der Waals surface area contributed by atoms with Gasteiger partial charge in [-0.1, -0.05) is 63.7 Å². The lowest BCUT2D eigenvalue weighted by atomic mass is 10.1. The minimum Gasteiger partial charge on any atom is -0.0813 e. The Morgan fingerprint density at radius 3 is 2.44 bits per heavy atom. The molecule has 0 aliphatic heterocycles. The molecular formula is C16H28. The Morgan fingerprint density at radius 1 is 1.19 bits per heavy atom. The lowest BCUT2D eigenvalue weighted by Crippen LogP contribution is -1.80. The second kappa shape index (κ2) is 6.93. The molecule has 0 saturated carbocycles. The first-order valence-electron chi connectivity index (χ1n) is 7.05. The molecule has 0 aromatic carbocycles. The second-order valence-electron chi connectivity index (χ2n) is 5.43. The van der Waals surface area contributed by atoms with Crippen LogP contribution in [0.2, 0.25) is 0 Å². The van der Waals surface area contributed by atoms with Crippen LogP contribution in [0.3, 0.4) is 0 Å². The minimum atomic E-state index is 0.767. The Bertz CT molecular complexity index is 266. The molecular weight excluding hydrogens is 192 g/mol. The van der Waals surface area contributed by atoms with E-state index in [4.69, 9.17) is 0 Å². The quantitative estimate of drug-likeness (QED) is 0.464. The van der Waals surface area contributed by atoms with Gasteiger partial charge in [-0.05, 0) is 37.7 Å². The first-order chi connectivity index (χ1) is 7.66. The van der Waals surface area contributed by atoms with Crippen LogP contribution in [0, 0.1) is 5.92 Å². The van der Waals surface area contributed by atoms with Crippen molar-refractivity contribution in [2.75, 3.05) is 0 Å².